The molecule has 3 aromatic carbocycles. The van der Waals surface area contributed by atoms with E-state index in [1.54, 1.807) is 0 Å². The van der Waals surface area contributed by atoms with E-state index >= 15 is 0 Å². The van der Waals surface area contributed by atoms with Gasteiger partial charge in [-0.15, -0.1) is 0 Å². The van der Waals surface area contributed by atoms with Crippen molar-refractivity contribution in [3.05, 3.63) is 102 Å². The first-order chi connectivity index (χ1) is 13.8. The second kappa shape index (κ2) is 8.60. The number of halogens is 1. The number of anilines is 1. The van der Waals surface area contributed by atoms with E-state index in [-0.39, 0.29) is 12.1 Å². The third-order valence-electron chi connectivity index (χ3n) is 6.16. The zero-order valence-electron chi connectivity index (χ0n) is 16.4. The molecule has 0 amide bonds. The van der Waals surface area contributed by atoms with Gasteiger partial charge in [-0.2, -0.15) is 0 Å². The Labute approximate surface area is 167 Å². The molecule has 0 unspecified atom stereocenters. The normalized spacial score (nSPS) is 15.0. The van der Waals surface area contributed by atoms with Crippen LogP contribution in [0.5, 0.6) is 0 Å². The molecule has 1 nitrogen and oxygen atoms in total. The van der Waals surface area contributed by atoms with Crippen LogP contribution in [0.25, 0.3) is 0 Å². The van der Waals surface area contributed by atoms with Crippen LogP contribution in [0.1, 0.15) is 42.4 Å². The summed E-state index contributed by atoms with van der Waals surface area (Å²) in [5.41, 5.74) is 5.20. The number of rotatable bonds is 8. The van der Waals surface area contributed by atoms with Crippen molar-refractivity contribution in [2.24, 2.45) is 0 Å². The van der Waals surface area contributed by atoms with Gasteiger partial charge in [-0.3, -0.25) is 4.39 Å². The first-order valence-electron chi connectivity index (χ1n) is 10.3. The molecule has 0 saturated heterocycles. The van der Waals surface area contributed by atoms with Gasteiger partial charge in [0.2, 0.25) is 0 Å². The number of alkyl halides is 1. The highest BCUT2D eigenvalue weighted by Crippen LogP contribution is 2.46. The van der Waals surface area contributed by atoms with E-state index in [4.69, 9.17) is 0 Å². The SMILES string of the molecule is FCCC1(c2ccc(N(Cc3ccccc3)Cc3ccccc3)cc2)CCC1. The van der Waals surface area contributed by atoms with Crippen molar-refractivity contribution >= 4 is 5.69 Å². The highest BCUT2D eigenvalue weighted by Gasteiger charge is 2.38. The maximum absolute atomic E-state index is 13.1. The smallest absolute Gasteiger partial charge is 0.0903 e. The van der Waals surface area contributed by atoms with Crippen molar-refractivity contribution in [3.63, 3.8) is 0 Å². The van der Waals surface area contributed by atoms with Crippen LogP contribution in [0.4, 0.5) is 10.1 Å². The first-order valence-corrected chi connectivity index (χ1v) is 10.3. The second-order valence-corrected chi connectivity index (χ2v) is 7.95. The van der Waals surface area contributed by atoms with Gasteiger partial charge >= 0.3 is 0 Å². The van der Waals surface area contributed by atoms with Crippen molar-refractivity contribution in [2.45, 2.75) is 44.2 Å². The molecule has 0 aromatic heterocycles. The van der Waals surface area contributed by atoms with E-state index in [0.29, 0.717) is 6.42 Å². The molecule has 0 bridgehead atoms. The minimum Gasteiger partial charge on any atom is -0.363 e. The molecule has 1 fully saturated rings. The van der Waals surface area contributed by atoms with E-state index < -0.39 is 0 Å². The van der Waals surface area contributed by atoms with Gasteiger partial charge in [-0.1, -0.05) is 79.2 Å². The second-order valence-electron chi connectivity index (χ2n) is 7.95. The summed E-state index contributed by atoms with van der Waals surface area (Å²) >= 11 is 0. The standard InChI is InChI=1S/C26H28FN/c27-19-18-26(16-7-17-26)24-12-14-25(15-13-24)28(20-22-8-3-1-4-9-22)21-23-10-5-2-6-11-23/h1-6,8-15H,7,16-21H2. The van der Waals surface area contributed by atoms with Gasteiger partial charge in [0.1, 0.15) is 0 Å². The van der Waals surface area contributed by atoms with Crippen molar-refractivity contribution in [1.29, 1.82) is 0 Å². The van der Waals surface area contributed by atoms with Gasteiger partial charge in [-0.25, -0.2) is 0 Å². The Morgan fingerprint density at radius 1 is 0.714 bits per heavy atom. The largest absolute Gasteiger partial charge is 0.363 e. The summed E-state index contributed by atoms with van der Waals surface area (Å²) < 4.78 is 13.1. The van der Waals surface area contributed by atoms with E-state index in [9.17, 15) is 4.39 Å². The Bertz CT molecular complexity index is 812. The van der Waals surface area contributed by atoms with E-state index in [1.165, 1.54) is 28.8 Å². The van der Waals surface area contributed by atoms with Crippen LogP contribution in [-0.2, 0) is 18.5 Å². The monoisotopic (exact) mass is 373 g/mol. The molecule has 4 rings (SSSR count). The van der Waals surface area contributed by atoms with Gasteiger partial charge < -0.3 is 4.90 Å². The lowest BCUT2D eigenvalue weighted by atomic mass is 9.63. The van der Waals surface area contributed by atoms with E-state index in [2.05, 4.69) is 89.8 Å². The molecule has 0 heterocycles. The fourth-order valence-corrected chi connectivity index (χ4v) is 4.34. The first kappa shape index (κ1) is 18.7. The van der Waals surface area contributed by atoms with Crippen molar-refractivity contribution in [2.75, 3.05) is 11.6 Å². The zero-order chi connectivity index (χ0) is 19.2. The van der Waals surface area contributed by atoms with Crippen LogP contribution >= 0.6 is 0 Å². The van der Waals surface area contributed by atoms with Gasteiger partial charge in [0.25, 0.3) is 0 Å². The average molecular weight is 374 g/mol. The maximum Gasteiger partial charge on any atom is 0.0903 e. The highest BCUT2D eigenvalue weighted by molar-refractivity contribution is 5.50. The maximum atomic E-state index is 13.1. The van der Waals surface area contributed by atoms with Crippen LogP contribution in [0.15, 0.2) is 84.9 Å². The van der Waals surface area contributed by atoms with Crippen LogP contribution in [0.2, 0.25) is 0 Å². The summed E-state index contributed by atoms with van der Waals surface area (Å²) in [5.74, 6) is 0. The molecular formula is C26H28FN. The van der Waals surface area contributed by atoms with Gasteiger partial charge in [0.15, 0.2) is 0 Å². The molecule has 1 saturated carbocycles. The minimum atomic E-state index is -0.226. The molecule has 1 aliphatic carbocycles. The molecule has 0 atom stereocenters. The fourth-order valence-electron chi connectivity index (χ4n) is 4.34. The molecule has 28 heavy (non-hydrogen) atoms. The van der Waals surface area contributed by atoms with Gasteiger partial charge in [0, 0.05) is 18.8 Å². The molecule has 0 radical (unpaired) electrons. The van der Waals surface area contributed by atoms with E-state index in [0.717, 1.165) is 25.9 Å². The van der Waals surface area contributed by atoms with Crippen LogP contribution in [0.3, 0.4) is 0 Å². The molecule has 0 spiro atoms. The summed E-state index contributed by atoms with van der Waals surface area (Å²) in [5, 5.41) is 0. The number of nitrogens with zero attached hydrogens (tertiary/aromatic N) is 1. The Hall–Kier alpha value is -2.61. The Morgan fingerprint density at radius 2 is 1.25 bits per heavy atom. The van der Waals surface area contributed by atoms with E-state index in [1.807, 2.05) is 0 Å². The third kappa shape index (κ3) is 4.11. The minimum absolute atomic E-state index is 0.0803. The zero-order valence-corrected chi connectivity index (χ0v) is 16.4. The molecule has 1 aliphatic rings. The van der Waals surface area contributed by atoms with Crippen molar-refractivity contribution in [1.82, 2.24) is 0 Å². The Kier molecular flexibility index (Phi) is 5.76. The number of hydrogen-bond acceptors (Lipinski definition) is 1. The Morgan fingerprint density at radius 3 is 1.68 bits per heavy atom. The van der Waals surface area contributed by atoms with Gasteiger partial charge in [0.05, 0.1) is 6.67 Å². The van der Waals surface area contributed by atoms with Crippen molar-refractivity contribution in [3.8, 4) is 0 Å². The number of benzene rings is 3. The molecule has 0 aliphatic heterocycles. The average Bonchev–Trinajstić information content (AvgIpc) is 2.72. The highest BCUT2D eigenvalue weighted by atomic mass is 19.1. The summed E-state index contributed by atoms with van der Waals surface area (Å²) in [6, 6.07) is 30.1. The van der Waals surface area contributed by atoms with Gasteiger partial charge in [-0.05, 0) is 53.5 Å². The molecule has 2 heteroatoms. The summed E-state index contributed by atoms with van der Waals surface area (Å²) in [6.07, 6.45) is 4.11. The molecular weight excluding hydrogens is 345 g/mol. The predicted molar refractivity (Wildman–Crippen MR) is 115 cm³/mol. The third-order valence-corrected chi connectivity index (χ3v) is 6.16. The predicted octanol–water partition coefficient (Wildman–Crippen LogP) is 6.67. The van der Waals surface area contributed by atoms with Crippen molar-refractivity contribution < 1.29 is 4.39 Å². The van der Waals surface area contributed by atoms with Crippen LogP contribution in [-0.4, -0.2) is 6.67 Å². The van der Waals surface area contributed by atoms with Crippen LogP contribution < -0.4 is 4.90 Å². The lowest BCUT2D eigenvalue weighted by molar-refractivity contribution is 0.205. The van der Waals surface area contributed by atoms with Crippen LogP contribution in [0, 0.1) is 0 Å². The lowest BCUT2D eigenvalue weighted by Gasteiger charge is -2.42. The quantitative estimate of drug-likeness (QED) is 0.426. The Balaban J connectivity index is 1.58. The topological polar surface area (TPSA) is 3.24 Å². The number of hydrogen-bond donors (Lipinski definition) is 0. The lowest BCUT2D eigenvalue weighted by Crippen LogP contribution is -2.34. The summed E-state index contributed by atoms with van der Waals surface area (Å²) in [6.45, 7) is 1.51. The molecule has 3 aromatic rings. The summed E-state index contributed by atoms with van der Waals surface area (Å²) in [4.78, 5) is 2.41. The summed E-state index contributed by atoms with van der Waals surface area (Å²) in [7, 11) is 0. The molecule has 144 valence electrons. The molecule has 0 N–H and O–H groups in total. The fraction of sp³-hybridized carbons (Fsp3) is 0.308.